The van der Waals surface area contributed by atoms with Gasteiger partial charge in [-0.15, -0.1) is 0 Å². The maximum absolute atomic E-state index is 13.2. The molecule has 2 unspecified atom stereocenters. The average molecular weight is 312 g/mol. The van der Waals surface area contributed by atoms with Crippen LogP contribution in [0.15, 0.2) is 18.2 Å². The Morgan fingerprint density at radius 3 is 2.76 bits per heavy atom. The Morgan fingerprint density at radius 2 is 2.19 bits per heavy atom. The molecule has 1 aromatic rings. The summed E-state index contributed by atoms with van der Waals surface area (Å²) in [5, 5.41) is 4.25. The molecule has 118 valence electrons. The summed E-state index contributed by atoms with van der Waals surface area (Å²) >= 11 is 6.22. The lowest BCUT2D eigenvalue weighted by Gasteiger charge is -2.35. The molecule has 0 heterocycles. The summed E-state index contributed by atoms with van der Waals surface area (Å²) in [6, 6.07) is 5.19. The SMILES string of the molecule is CCCNC(Cc1ccc(F)cc1Cl)C1CCCC1(C)C. The number of hydrogen-bond acceptors (Lipinski definition) is 1. The third kappa shape index (κ3) is 4.20. The summed E-state index contributed by atoms with van der Waals surface area (Å²) in [6.45, 7) is 7.96. The van der Waals surface area contributed by atoms with Crippen LogP contribution < -0.4 is 5.32 Å². The summed E-state index contributed by atoms with van der Waals surface area (Å²) in [5.41, 5.74) is 1.42. The topological polar surface area (TPSA) is 12.0 Å². The van der Waals surface area contributed by atoms with Crippen molar-refractivity contribution in [2.45, 2.75) is 58.9 Å². The minimum absolute atomic E-state index is 0.261. The first-order valence-electron chi connectivity index (χ1n) is 8.11. The summed E-state index contributed by atoms with van der Waals surface area (Å²) in [7, 11) is 0. The van der Waals surface area contributed by atoms with E-state index >= 15 is 0 Å². The molecular formula is C18H27ClFN. The van der Waals surface area contributed by atoms with Crippen LogP contribution in [0, 0.1) is 17.2 Å². The van der Waals surface area contributed by atoms with Gasteiger partial charge < -0.3 is 5.32 Å². The van der Waals surface area contributed by atoms with Crippen molar-refractivity contribution in [1.82, 2.24) is 5.32 Å². The van der Waals surface area contributed by atoms with Crippen LogP contribution in [0.3, 0.4) is 0 Å². The molecule has 0 radical (unpaired) electrons. The Hall–Kier alpha value is -0.600. The zero-order valence-corrected chi connectivity index (χ0v) is 14.1. The molecule has 1 aliphatic carbocycles. The Bertz CT molecular complexity index is 472. The number of rotatable bonds is 6. The van der Waals surface area contributed by atoms with E-state index in [9.17, 15) is 4.39 Å². The second-order valence-electron chi connectivity index (χ2n) is 6.99. The summed E-state index contributed by atoms with van der Waals surface area (Å²) in [4.78, 5) is 0. The molecule has 1 N–H and O–H groups in total. The predicted octanol–water partition coefficient (Wildman–Crippen LogP) is 5.22. The molecule has 1 aliphatic rings. The molecule has 21 heavy (non-hydrogen) atoms. The first-order valence-corrected chi connectivity index (χ1v) is 8.49. The number of halogens is 2. The van der Waals surface area contributed by atoms with E-state index in [2.05, 4.69) is 26.1 Å². The Labute approximate surface area is 133 Å². The van der Waals surface area contributed by atoms with Gasteiger partial charge in [-0.1, -0.05) is 44.9 Å². The highest BCUT2D eigenvalue weighted by Gasteiger charge is 2.39. The van der Waals surface area contributed by atoms with Gasteiger partial charge in [0.2, 0.25) is 0 Å². The van der Waals surface area contributed by atoms with Gasteiger partial charge in [0, 0.05) is 11.1 Å². The molecule has 0 aromatic heterocycles. The van der Waals surface area contributed by atoms with Crippen LogP contribution >= 0.6 is 11.6 Å². The molecule has 1 nitrogen and oxygen atoms in total. The van der Waals surface area contributed by atoms with Gasteiger partial charge in [-0.05, 0) is 61.3 Å². The molecule has 2 atom stereocenters. The molecule has 0 saturated heterocycles. The largest absolute Gasteiger partial charge is 0.313 e. The van der Waals surface area contributed by atoms with Crippen molar-refractivity contribution in [3.8, 4) is 0 Å². The molecule has 0 amide bonds. The number of hydrogen-bond donors (Lipinski definition) is 1. The van der Waals surface area contributed by atoms with Crippen LogP contribution in [0.1, 0.15) is 52.0 Å². The molecule has 0 bridgehead atoms. The van der Waals surface area contributed by atoms with Crippen molar-refractivity contribution in [3.63, 3.8) is 0 Å². The van der Waals surface area contributed by atoms with E-state index in [1.807, 2.05) is 6.07 Å². The average Bonchev–Trinajstić information content (AvgIpc) is 2.76. The van der Waals surface area contributed by atoms with Gasteiger partial charge in [0.25, 0.3) is 0 Å². The van der Waals surface area contributed by atoms with Gasteiger partial charge in [0.1, 0.15) is 5.82 Å². The van der Waals surface area contributed by atoms with Crippen molar-refractivity contribution in [2.24, 2.45) is 11.3 Å². The van der Waals surface area contributed by atoms with Crippen molar-refractivity contribution < 1.29 is 4.39 Å². The highest BCUT2D eigenvalue weighted by atomic mass is 35.5. The molecule has 2 rings (SSSR count). The summed E-state index contributed by atoms with van der Waals surface area (Å²) < 4.78 is 13.2. The monoisotopic (exact) mass is 311 g/mol. The van der Waals surface area contributed by atoms with Crippen molar-refractivity contribution >= 4 is 11.6 Å². The van der Waals surface area contributed by atoms with Crippen molar-refractivity contribution in [2.75, 3.05) is 6.54 Å². The Kier molecular flexibility index (Phi) is 5.67. The first-order chi connectivity index (χ1) is 9.94. The van der Waals surface area contributed by atoms with E-state index in [0.29, 0.717) is 22.4 Å². The highest BCUT2D eigenvalue weighted by molar-refractivity contribution is 6.31. The minimum Gasteiger partial charge on any atom is -0.313 e. The Morgan fingerprint density at radius 1 is 1.43 bits per heavy atom. The van der Waals surface area contributed by atoms with E-state index in [1.54, 1.807) is 0 Å². The van der Waals surface area contributed by atoms with E-state index < -0.39 is 0 Å². The quantitative estimate of drug-likeness (QED) is 0.760. The van der Waals surface area contributed by atoms with Crippen LogP contribution in [0.2, 0.25) is 5.02 Å². The first kappa shape index (κ1) is 16.8. The summed E-state index contributed by atoms with van der Waals surface area (Å²) in [6.07, 6.45) is 5.87. The smallest absolute Gasteiger partial charge is 0.124 e. The van der Waals surface area contributed by atoms with Gasteiger partial charge in [-0.3, -0.25) is 0 Å². The molecule has 0 spiro atoms. The third-order valence-electron chi connectivity index (χ3n) is 4.94. The lowest BCUT2D eigenvalue weighted by molar-refractivity contribution is 0.195. The van der Waals surface area contributed by atoms with E-state index in [-0.39, 0.29) is 5.82 Å². The third-order valence-corrected chi connectivity index (χ3v) is 5.29. The Balaban J connectivity index is 2.16. The molecule has 1 fully saturated rings. The zero-order valence-electron chi connectivity index (χ0n) is 13.4. The fourth-order valence-electron chi connectivity index (χ4n) is 3.71. The predicted molar refractivity (Wildman–Crippen MR) is 88.3 cm³/mol. The van der Waals surface area contributed by atoms with Crippen LogP contribution in [0.5, 0.6) is 0 Å². The molecular weight excluding hydrogens is 285 g/mol. The molecule has 0 aliphatic heterocycles. The van der Waals surface area contributed by atoms with Gasteiger partial charge in [-0.2, -0.15) is 0 Å². The maximum Gasteiger partial charge on any atom is 0.124 e. The maximum atomic E-state index is 13.2. The lowest BCUT2D eigenvalue weighted by atomic mass is 9.76. The standard InChI is InChI=1S/C18H27ClFN/c1-4-10-21-17(15-6-5-9-18(15,2)3)11-13-7-8-14(20)12-16(13)19/h7-8,12,15,17,21H,4-6,9-11H2,1-3H3. The van der Waals surface area contributed by atoms with Crippen LogP contribution in [0.4, 0.5) is 4.39 Å². The second kappa shape index (κ2) is 7.11. The summed E-state index contributed by atoms with van der Waals surface area (Å²) in [5.74, 6) is 0.396. The molecule has 1 aromatic carbocycles. The highest BCUT2D eigenvalue weighted by Crippen LogP contribution is 2.45. The second-order valence-corrected chi connectivity index (χ2v) is 7.39. The lowest BCUT2D eigenvalue weighted by Crippen LogP contribution is -2.42. The van der Waals surface area contributed by atoms with E-state index in [0.717, 1.165) is 24.9 Å². The van der Waals surface area contributed by atoms with Gasteiger partial charge in [0.05, 0.1) is 0 Å². The van der Waals surface area contributed by atoms with Crippen LogP contribution in [-0.4, -0.2) is 12.6 Å². The van der Waals surface area contributed by atoms with E-state index in [1.165, 1.54) is 31.4 Å². The fraction of sp³-hybridized carbons (Fsp3) is 0.667. The van der Waals surface area contributed by atoms with Gasteiger partial charge in [-0.25, -0.2) is 4.39 Å². The fourth-order valence-corrected chi connectivity index (χ4v) is 3.95. The van der Waals surface area contributed by atoms with Gasteiger partial charge in [0.15, 0.2) is 0 Å². The zero-order chi connectivity index (χ0) is 15.5. The minimum atomic E-state index is -0.261. The van der Waals surface area contributed by atoms with Crippen LogP contribution in [0.25, 0.3) is 0 Å². The van der Waals surface area contributed by atoms with Crippen LogP contribution in [-0.2, 0) is 6.42 Å². The normalized spacial score (nSPS) is 22.4. The van der Waals surface area contributed by atoms with E-state index in [4.69, 9.17) is 11.6 Å². The van der Waals surface area contributed by atoms with Crippen molar-refractivity contribution in [3.05, 3.63) is 34.6 Å². The molecule has 1 saturated carbocycles. The molecule has 3 heteroatoms. The number of nitrogens with one attached hydrogen (secondary N) is 1. The number of benzene rings is 1. The van der Waals surface area contributed by atoms with Gasteiger partial charge >= 0.3 is 0 Å². The van der Waals surface area contributed by atoms with Crippen molar-refractivity contribution in [1.29, 1.82) is 0 Å².